The Morgan fingerprint density at radius 2 is 1.78 bits per heavy atom. The fourth-order valence-electron chi connectivity index (χ4n) is 5.61. The Morgan fingerprint density at radius 1 is 1.08 bits per heavy atom. The Kier molecular flexibility index (Phi) is 7.13. The van der Waals surface area contributed by atoms with E-state index in [-0.39, 0.29) is 22.4 Å². The van der Waals surface area contributed by atoms with E-state index in [2.05, 4.69) is 0 Å². The van der Waals surface area contributed by atoms with Crippen molar-refractivity contribution in [2.75, 3.05) is 25.6 Å². The predicted molar refractivity (Wildman–Crippen MR) is 145 cm³/mol. The highest BCUT2D eigenvalue weighted by Crippen LogP contribution is 2.44. The molecule has 6 nitrogen and oxygen atoms in total. The number of carbonyl (C=O) groups excluding carboxylic acids is 1. The summed E-state index contributed by atoms with van der Waals surface area (Å²) in [7, 11) is -0.978. The maximum Gasteiger partial charge on any atom is 0.348 e. The largest absolute Gasteiger partial charge is 0.465 e. The molecular weight excluding hydrogens is 511 g/mol. The topological polar surface area (TPSA) is 66.9 Å². The van der Waals surface area contributed by atoms with Crippen LogP contribution in [0.4, 0.5) is 15.8 Å². The summed E-state index contributed by atoms with van der Waals surface area (Å²) in [6.07, 6.45) is 5.31. The number of sulfonamides is 1. The average Bonchev–Trinajstić information content (AvgIpc) is 3.27. The van der Waals surface area contributed by atoms with E-state index in [1.807, 2.05) is 35.2 Å². The van der Waals surface area contributed by atoms with Gasteiger partial charge in [0.2, 0.25) is 10.0 Å². The average molecular weight is 543 g/mol. The molecule has 196 valence electrons. The van der Waals surface area contributed by atoms with Crippen molar-refractivity contribution in [3.63, 3.8) is 0 Å². The number of esters is 1. The lowest BCUT2D eigenvalue weighted by molar-refractivity contribution is 0.0605. The standard InChI is InChI=1S/C28H31FN2O4S2/c1-18-14-25(36-27(18)28(32)35-3)21-15-26-23(16-22(21)29)31(20-12-8-5-9-13-20)17-24(30(2)37(26,33)34)19-10-6-4-7-11-19/h5,8-9,12-16,19,24H,4,6-7,10-11,17H2,1-3H3/t24-/m0/s1. The number of rotatable bonds is 4. The quantitative estimate of drug-likeness (QED) is 0.359. The number of para-hydroxylation sites is 1. The van der Waals surface area contributed by atoms with Gasteiger partial charge in [-0.3, -0.25) is 0 Å². The fourth-order valence-corrected chi connectivity index (χ4v) is 8.32. The zero-order valence-corrected chi connectivity index (χ0v) is 22.9. The molecule has 1 aliphatic heterocycles. The lowest BCUT2D eigenvalue weighted by Crippen LogP contribution is -2.46. The third-order valence-corrected chi connectivity index (χ3v) is 10.8. The summed E-state index contributed by atoms with van der Waals surface area (Å²) in [5, 5.41) is 0. The summed E-state index contributed by atoms with van der Waals surface area (Å²) < 4.78 is 50.3. The van der Waals surface area contributed by atoms with Crippen LogP contribution in [-0.2, 0) is 14.8 Å². The number of anilines is 2. The number of methoxy groups -OCH3 is 1. The molecule has 1 fully saturated rings. The second-order valence-corrected chi connectivity index (χ2v) is 12.9. The van der Waals surface area contributed by atoms with E-state index >= 15 is 4.39 Å². The second-order valence-electron chi connectivity index (χ2n) is 9.85. The van der Waals surface area contributed by atoms with E-state index in [4.69, 9.17) is 4.74 Å². The SMILES string of the molecule is COC(=O)c1sc(-c2cc3c(cc2F)N(c2ccccc2)C[C@@H](C2CCCCC2)N(C)S3(=O)=O)cc1C. The number of fused-ring (bicyclic) bond motifs is 1. The van der Waals surface area contributed by atoms with Crippen molar-refractivity contribution in [1.82, 2.24) is 4.31 Å². The predicted octanol–water partition coefficient (Wildman–Crippen LogP) is 6.37. The number of carbonyl (C=O) groups is 1. The van der Waals surface area contributed by atoms with Gasteiger partial charge in [-0.15, -0.1) is 11.3 Å². The second kappa shape index (κ2) is 10.2. The third kappa shape index (κ3) is 4.69. The Bertz CT molecular complexity index is 1420. The molecule has 9 heteroatoms. The van der Waals surface area contributed by atoms with E-state index in [9.17, 15) is 13.2 Å². The molecule has 1 atom stereocenters. The van der Waals surface area contributed by atoms with Crippen molar-refractivity contribution in [2.24, 2.45) is 5.92 Å². The number of hydrogen-bond donors (Lipinski definition) is 0. The van der Waals surface area contributed by atoms with Crippen LogP contribution in [0.5, 0.6) is 0 Å². The van der Waals surface area contributed by atoms with Gasteiger partial charge < -0.3 is 9.64 Å². The van der Waals surface area contributed by atoms with Crippen molar-refractivity contribution in [3.05, 3.63) is 64.8 Å². The molecule has 0 N–H and O–H groups in total. The number of halogens is 1. The number of hydrogen-bond acceptors (Lipinski definition) is 6. The van der Waals surface area contributed by atoms with Crippen LogP contribution < -0.4 is 4.90 Å². The molecule has 0 radical (unpaired) electrons. The summed E-state index contributed by atoms with van der Waals surface area (Å²) >= 11 is 1.10. The van der Waals surface area contributed by atoms with Gasteiger partial charge in [-0.05, 0) is 61.6 Å². The van der Waals surface area contributed by atoms with Crippen LogP contribution >= 0.6 is 11.3 Å². The molecule has 0 amide bonds. The highest BCUT2D eigenvalue weighted by Gasteiger charge is 2.41. The summed E-state index contributed by atoms with van der Waals surface area (Å²) in [6.45, 7) is 2.20. The van der Waals surface area contributed by atoms with Crippen LogP contribution in [-0.4, -0.2) is 45.4 Å². The maximum atomic E-state index is 15.8. The van der Waals surface area contributed by atoms with Crippen molar-refractivity contribution >= 4 is 38.7 Å². The van der Waals surface area contributed by atoms with Gasteiger partial charge in [0.15, 0.2) is 0 Å². The third-order valence-electron chi connectivity index (χ3n) is 7.65. The minimum absolute atomic E-state index is 0.0687. The first-order chi connectivity index (χ1) is 17.7. The monoisotopic (exact) mass is 542 g/mol. The molecular formula is C28H31FN2O4S2. The first kappa shape index (κ1) is 25.9. The maximum absolute atomic E-state index is 15.8. The van der Waals surface area contributed by atoms with Crippen LogP contribution in [0, 0.1) is 18.7 Å². The number of nitrogens with zero attached hydrogens (tertiary/aromatic N) is 2. The molecule has 37 heavy (non-hydrogen) atoms. The molecule has 1 aliphatic carbocycles. The number of likely N-dealkylation sites (N-methyl/N-ethyl adjacent to an activating group) is 1. The number of ether oxygens (including phenoxy) is 1. The smallest absolute Gasteiger partial charge is 0.348 e. The molecule has 0 bridgehead atoms. The summed E-state index contributed by atoms with van der Waals surface area (Å²) in [4.78, 5) is 15.0. The van der Waals surface area contributed by atoms with Gasteiger partial charge in [-0.1, -0.05) is 37.5 Å². The summed E-state index contributed by atoms with van der Waals surface area (Å²) in [5.41, 5.74) is 1.97. The molecule has 2 aromatic carbocycles. The van der Waals surface area contributed by atoms with Gasteiger partial charge in [-0.25, -0.2) is 17.6 Å². The minimum atomic E-state index is -3.93. The summed E-state index contributed by atoms with van der Waals surface area (Å²) in [5.74, 6) is -0.797. The molecule has 2 heterocycles. The van der Waals surface area contributed by atoms with E-state index < -0.39 is 21.8 Å². The van der Waals surface area contributed by atoms with Crippen molar-refractivity contribution < 1.29 is 22.3 Å². The van der Waals surface area contributed by atoms with Crippen LogP contribution in [0.1, 0.15) is 47.3 Å². The molecule has 0 spiro atoms. The van der Waals surface area contributed by atoms with Gasteiger partial charge in [0, 0.05) is 35.8 Å². The Hall–Kier alpha value is -2.75. The highest BCUT2D eigenvalue weighted by molar-refractivity contribution is 7.89. The summed E-state index contributed by atoms with van der Waals surface area (Å²) in [6, 6.07) is 13.8. The van der Waals surface area contributed by atoms with Crippen LogP contribution in [0.3, 0.4) is 0 Å². The Balaban J connectivity index is 1.69. The molecule has 3 aromatic rings. The van der Waals surface area contributed by atoms with E-state index in [0.29, 0.717) is 27.5 Å². The molecule has 1 saturated carbocycles. The number of benzene rings is 2. The first-order valence-corrected chi connectivity index (χ1v) is 14.8. The fraction of sp³-hybridized carbons (Fsp3) is 0.393. The van der Waals surface area contributed by atoms with Gasteiger partial charge in [0.25, 0.3) is 0 Å². The highest BCUT2D eigenvalue weighted by atomic mass is 32.2. The molecule has 0 unspecified atom stereocenters. The molecule has 5 rings (SSSR count). The number of aryl methyl sites for hydroxylation is 1. The van der Waals surface area contributed by atoms with E-state index in [1.165, 1.54) is 30.0 Å². The van der Waals surface area contributed by atoms with Gasteiger partial charge in [-0.2, -0.15) is 4.31 Å². The number of thiophene rings is 1. The lowest BCUT2D eigenvalue weighted by atomic mass is 9.83. The first-order valence-electron chi connectivity index (χ1n) is 12.6. The van der Waals surface area contributed by atoms with E-state index in [1.54, 1.807) is 20.0 Å². The van der Waals surface area contributed by atoms with E-state index in [0.717, 1.165) is 42.7 Å². The van der Waals surface area contributed by atoms with Gasteiger partial charge in [0.1, 0.15) is 15.6 Å². The lowest BCUT2D eigenvalue weighted by Gasteiger charge is -2.36. The molecule has 0 saturated heterocycles. The van der Waals surface area contributed by atoms with Crippen LogP contribution in [0.15, 0.2) is 53.4 Å². The molecule has 1 aromatic heterocycles. The Morgan fingerprint density at radius 3 is 2.46 bits per heavy atom. The minimum Gasteiger partial charge on any atom is -0.465 e. The normalized spacial score (nSPS) is 20.3. The van der Waals surface area contributed by atoms with Crippen LogP contribution in [0.25, 0.3) is 10.4 Å². The van der Waals surface area contributed by atoms with Crippen molar-refractivity contribution in [2.45, 2.75) is 50.0 Å². The molecule has 2 aliphatic rings. The van der Waals surface area contributed by atoms with Crippen molar-refractivity contribution in [1.29, 1.82) is 0 Å². The zero-order chi connectivity index (χ0) is 26.3. The van der Waals surface area contributed by atoms with Crippen LogP contribution in [0.2, 0.25) is 0 Å². The Labute approximate surface area is 221 Å². The zero-order valence-electron chi connectivity index (χ0n) is 21.2. The van der Waals surface area contributed by atoms with Gasteiger partial charge in [0.05, 0.1) is 12.8 Å². The van der Waals surface area contributed by atoms with Gasteiger partial charge >= 0.3 is 5.97 Å². The van der Waals surface area contributed by atoms with Crippen molar-refractivity contribution in [3.8, 4) is 10.4 Å².